The second kappa shape index (κ2) is 8.24. The first-order valence-electron chi connectivity index (χ1n) is 8.36. The molecule has 1 saturated heterocycles. The molecule has 1 aliphatic heterocycles. The lowest BCUT2D eigenvalue weighted by molar-refractivity contribution is 0.0636. The number of hydrogen-bond donors (Lipinski definition) is 1. The third-order valence-electron chi connectivity index (χ3n) is 4.16. The topological polar surface area (TPSA) is 75.0 Å². The van der Waals surface area contributed by atoms with Gasteiger partial charge < -0.3 is 24.3 Å². The normalized spacial score (nSPS) is 14.5. The highest BCUT2D eigenvalue weighted by molar-refractivity contribution is 5.91. The number of ether oxygens (including phenoxy) is 1. The standard InChI is InChI=1S/C19H21N3O4/c1-25-16-5-2-4-15(14-16)7-8-20-19(24)22-11-9-21(10-12-22)18(23)17-6-3-13-26-17/h2-8,13-14H,9-12H2,1H3,(H,20,24)/b8-7+. The van der Waals surface area contributed by atoms with Crippen molar-refractivity contribution < 1.29 is 18.7 Å². The van der Waals surface area contributed by atoms with Crippen LogP contribution in [0, 0.1) is 0 Å². The summed E-state index contributed by atoms with van der Waals surface area (Å²) in [4.78, 5) is 27.8. The van der Waals surface area contributed by atoms with Crippen LogP contribution in [0.1, 0.15) is 16.1 Å². The number of amides is 3. The summed E-state index contributed by atoms with van der Waals surface area (Å²) in [5.74, 6) is 0.938. The number of benzene rings is 1. The van der Waals surface area contributed by atoms with Crippen molar-refractivity contribution in [3.8, 4) is 5.75 Å². The van der Waals surface area contributed by atoms with Crippen LogP contribution in [-0.4, -0.2) is 55.0 Å². The minimum atomic E-state index is -0.186. The van der Waals surface area contributed by atoms with Crippen LogP contribution in [0.5, 0.6) is 5.75 Å². The molecule has 0 saturated carbocycles. The molecule has 1 aromatic heterocycles. The molecule has 0 atom stereocenters. The van der Waals surface area contributed by atoms with Crippen LogP contribution in [-0.2, 0) is 0 Å². The van der Waals surface area contributed by atoms with E-state index in [0.717, 1.165) is 11.3 Å². The SMILES string of the molecule is COc1cccc(/C=C/NC(=O)N2CCN(C(=O)c3ccco3)CC2)c1. The van der Waals surface area contributed by atoms with Gasteiger partial charge in [-0.2, -0.15) is 0 Å². The van der Waals surface area contributed by atoms with E-state index >= 15 is 0 Å². The van der Waals surface area contributed by atoms with Crippen molar-refractivity contribution in [3.05, 3.63) is 60.2 Å². The molecule has 0 bridgehead atoms. The summed E-state index contributed by atoms with van der Waals surface area (Å²) in [6.45, 7) is 1.91. The predicted molar refractivity (Wildman–Crippen MR) is 96.7 cm³/mol. The van der Waals surface area contributed by atoms with Gasteiger partial charge in [0.25, 0.3) is 5.91 Å². The molecule has 26 heavy (non-hydrogen) atoms. The van der Waals surface area contributed by atoms with E-state index in [2.05, 4.69) is 5.32 Å². The smallest absolute Gasteiger partial charge is 0.321 e. The second-order valence-electron chi connectivity index (χ2n) is 5.82. The Morgan fingerprint density at radius 2 is 1.88 bits per heavy atom. The summed E-state index contributed by atoms with van der Waals surface area (Å²) in [6, 6.07) is 10.7. The zero-order valence-corrected chi connectivity index (χ0v) is 14.6. The highest BCUT2D eigenvalue weighted by atomic mass is 16.5. The molecular weight excluding hydrogens is 334 g/mol. The average Bonchev–Trinajstić information content (AvgIpc) is 3.22. The molecule has 2 heterocycles. The molecule has 0 unspecified atom stereocenters. The van der Waals surface area contributed by atoms with Crippen LogP contribution in [0.15, 0.2) is 53.3 Å². The van der Waals surface area contributed by atoms with Crippen molar-refractivity contribution in [3.63, 3.8) is 0 Å². The minimum Gasteiger partial charge on any atom is -0.497 e. The van der Waals surface area contributed by atoms with Gasteiger partial charge >= 0.3 is 6.03 Å². The van der Waals surface area contributed by atoms with E-state index in [4.69, 9.17) is 9.15 Å². The molecule has 1 aliphatic rings. The van der Waals surface area contributed by atoms with E-state index in [9.17, 15) is 9.59 Å². The third kappa shape index (κ3) is 4.24. The van der Waals surface area contributed by atoms with Gasteiger partial charge in [-0.25, -0.2) is 4.79 Å². The summed E-state index contributed by atoms with van der Waals surface area (Å²) < 4.78 is 10.3. The highest BCUT2D eigenvalue weighted by Crippen LogP contribution is 2.13. The molecule has 1 aromatic carbocycles. The maximum Gasteiger partial charge on any atom is 0.321 e. The van der Waals surface area contributed by atoms with Gasteiger partial charge in [-0.15, -0.1) is 0 Å². The van der Waals surface area contributed by atoms with Crippen LogP contribution >= 0.6 is 0 Å². The molecule has 7 nitrogen and oxygen atoms in total. The molecule has 3 rings (SSSR count). The first-order valence-corrected chi connectivity index (χ1v) is 8.36. The summed E-state index contributed by atoms with van der Waals surface area (Å²) in [7, 11) is 1.61. The van der Waals surface area contributed by atoms with Crippen LogP contribution < -0.4 is 10.1 Å². The molecule has 0 aliphatic carbocycles. The first kappa shape index (κ1) is 17.6. The van der Waals surface area contributed by atoms with Gasteiger partial charge in [-0.05, 0) is 35.9 Å². The largest absolute Gasteiger partial charge is 0.497 e. The van der Waals surface area contributed by atoms with E-state index in [-0.39, 0.29) is 11.9 Å². The zero-order valence-electron chi connectivity index (χ0n) is 14.6. The quantitative estimate of drug-likeness (QED) is 0.914. The van der Waals surface area contributed by atoms with Crippen molar-refractivity contribution in [1.82, 2.24) is 15.1 Å². The molecule has 0 spiro atoms. The minimum absolute atomic E-state index is 0.145. The fraction of sp³-hybridized carbons (Fsp3) is 0.263. The average molecular weight is 355 g/mol. The van der Waals surface area contributed by atoms with Gasteiger partial charge in [-0.1, -0.05) is 12.1 Å². The van der Waals surface area contributed by atoms with Gasteiger partial charge in [0.05, 0.1) is 13.4 Å². The van der Waals surface area contributed by atoms with Gasteiger partial charge in [0.15, 0.2) is 5.76 Å². The number of nitrogens with one attached hydrogen (secondary N) is 1. The fourth-order valence-electron chi connectivity index (χ4n) is 2.71. The van der Waals surface area contributed by atoms with E-state index in [1.807, 2.05) is 24.3 Å². The van der Waals surface area contributed by atoms with E-state index < -0.39 is 0 Å². The number of nitrogens with zero attached hydrogens (tertiary/aromatic N) is 2. The van der Waals surface area contributed by atoms with Gasteiger partial charge in [0.2, 0.25) is 0 Å². The van der Waals surface area contributed by atoms with Crippen molar-refractivity contribution in [2.45, 2.75) is 0 Å². The van der Waals surface area contributed by atoms with Crippen LogP contribution in [0.4, 0.5) is 4.79 Å². The van der Waals surface area contributed by atoms with Crippen LogP contribution in [0.2, 0.25) is 0 Å². The Morgan fingerprint density at radius 3 is 2.58 bits per heavy atom. The molecule has 136 valence electrons. The Balaban J connectivity index is 1.47. The number of urea groups is 1. The maximum absolute atomic E-state index is 12.2. The lowest BCUT2D eigenvalue weighted by Crippen LogP contribution is -2.52. The summed E-state index contributed by atoms with van der Waals surface area (Å²) >= 11 is 0. The van der Waals surface area contributed by atoms with Gasteiger partial charge in [-0.3, -0.25) is 4.79 Å². The fourth-order valence-corrected chi connectivity index (χ4v) is 2.71. The Morgan fingerprint density at radius 1 is 1.12 bits per heavy atom. The van der Waals surface area contributed by atoms with Gasteiger partial charge in [0.1, 0.15) is 5.75 Å². The summed E-state index contributed by atoms with van der Waals surface area (Å²) in [5.41, 5.74) is 0.929. The lowest BCUT2D eigenvalue weighted by atomic mass is 10.2. The Labute approximate surface area is 151 Å². The number of methoxy groups -OCH3 is 1. The van der Waals surface area contributed by atoms with Crippen molar-refractivity contribution in [2.24, 2.45) is 0 Å². The van der Waals surface area contributed by atoms with Crippen molar-refractivity contribution in [1.29, 1.82) is 0 Å². The number of rotatable bonds is 4. The Bertz CT molecular complexity index is 778. The molecule has 7 heteroatoms. The summed E-state index contributed by atoms with van der Waals surface area (Å²) in [6.07, 6.45) is 4.89. The zero-order chi connectivity index (χ0) is 18.4. The number of furan rings is 1. The van der Waals surface area contributed by atoms with E-state index in [0.29, 0.717) is 31.9 Å². The number of piperazine rings is 1. The summed E-state index contributed by atoms with van der Waals surface area (Å²) in [5, 5.41) is 2.75. The third-order valence-corrected chi connectivity index (χ3v) is 4.16. The second-order valence-corrected chi connectivity index (χ2v) is 5.82. The molecule has 0 radical (unpaired) electrons. The maximum atomic E-state index is 12.2. The van der Waals surface area contributed by atoms with Crippen LogP contribution in [0.3, 0.4) is 0 Å². The van der Waals surface area contributed by atoms with Crippen molar-refractivity contribution >= 4 is 18.0 Å². The monoisotopic (exact) mass is 355 g/mol. The molecule has 1 fully saturated rings. The Kier molecular flexibility index (Phi) is 5.58. The lowest BCUT2D eigenvalue weighted by Gasteiger charge is -2.34. The molecule has 2 aromatic rings. The number of carbonyl (C=O) groups excluding carboxylic acids is 2. The van der Waals surface area contributed by atoms with Crippen LogP contribution in [0.25, 0.3) is 6.08 Å². The van der Waals surface area contributed by atoms with Crippen molar-refractivity contribution in [2.75, 3.05) is 33.3 Å². The first-order chi connectivity index (χ1) is 12.7. The number of carbonyl (C=O) groups is 2. The molecule has 1 N–H and O–H groups in total. The highest BCUT2D eigenvalue weighted by Gasteiger charge is 2.25. The molecular formula is C19H21N3O4. The number of hydrogen-bond acceptors (Lipinski definition) is 4. The molecule has 3 amide bonds. The Hall–Kier alpha value is -3.22. The predicted octanol–water partition coefficient (Wildman–Crippen LogP) is 2.43. The van der Waals surface area contributed by atoms with E-state index in [1.54, 1.807) is 41.3 Å². The van der Waals surface area contributed by atoms with Gasteiger partial charge in [0, 0.05) is 32.4 Å². The van der Waals surface area contributed by atoms with E-state index in [1.165, 1.54) is 6.26 Å².